The first-order valence-corrected chi connectivity index (χ1v) is 5.21. The first-order valence-electron chi connectivity index (χ1n) is 4.23. The topological polar surface area (TPSA) is 46.5 Å². The Morgan fingerprint density at radius 2 is 2.29 bits per heavy atom. The second-order valence-corrected chi connectivity index (χ2v) is 3.94. The molecule has 1 rings (SSSR count). The minimum absolute atomic E-state index is 0.214. The van der Waals surface area contributed by atoms with Crippen LogP contribution in [0.15, 0.2) is 23.1 Å². The molecule has 4 heteroatoms. The SMILES string of the molecule is CCSc1ccc(OC)c(C(=O)O)c1. The molecule has 0 aliphatic rings. The van der Waals surface area contributed by atoms with E-state index in [1.165, 1.54) is 7.11 Å². The molecule has 0 amide bonds. The summed E-state index contributed by atoms with van der Waals surface area (Å²) >= 11 is 1.61. The standard InChI is InChI=1S/C10H12O3S/c1-3-14-7-4-5-9(13-2)8(6-7)10(11)12/h4-6H,3H2,1-2H3,(H,11,12). The van der Waals surface area contributed by atoms with E-state index in [1.807, 2.05) is 13.0 Å². The number of carboxylic acid groups (broad SMARTS) is 1. The first kappa shape index (κ1) is 10.9. The van der Waals surface area contributed by atoms with Gasteiger partial charge in [0.2, 0.25) is 0 Å². The summed E-state index contributed by atoms with van der Waals surface area (Å²) in [6.45, 7) is 2.02. The third-order valence-electron chi connectivity index (χ3n) is 1.71. The molecular weight excluding hydrogens is 200 g/mol. The van der Waals surface area contributed by atoms with Gasteiger partial charge < -0.3 is 9.84 Å². The van der Waals surface area contributed by atoms with Crippen LogP contribution in [-0.4, -0.2) is 23.9 Å². The monoisotopic (exact) mass is 212 g/mol. The van der Waals surface area contributed by atoms with Crippen molar-refractivity contribution in [2.45, 2.75) is 11.8 Å². The minimum Gasteiger partial charge on any atom is -0.496 e. The van der Waals surface area contributed by atoms with Crippen molar-refractivity contribution in [3.05, 3.63) is 23.8 Å². The van der Waals surface area contributed by atoms with Crippen LogP contribution in [0.5, 0.6) is 5.75 Å². The molecule has 3 nitrogen and oxygen atoms in total. The molecule has 1 aromatic carbocycles. The summed E-state index contributed by atoms with van der Waals surface area (Å²) in [5.74, 6) is 0.365. The van der Waals surface area contributed by atoms with Gasteiger partial charge >= 0.3 is 5.97 Å². The molecule has 0 fully saturated rings. The highest BCUT2D eigenvalue weighted by Gasteiger charge is 2.11. The predicted octanol–water partition coefficient (Wildman–Crippen LogP) is 2.51. The highest BCUT2D eigenvalue weighted by molar-refractivity contribution is 7.99. The van der Waals surface area contributed by atoms with Gasteiger partial charge in [0.1, 0.15) is 11.3 Å². The molecule has 0 aliphatic heterocycles. The Morgan fingerprint density at radius 3 is 2.79 bits per heavy atom. The molecule has 0 spiro atoms. The highest BCUT2D eigenvalue weighted by atomic mass is 32.2. The number of methoxy groups -OCH3 is 1. The summed E-state index contributed by atoms with van der Waals surface area (Å²) < 4.78 is 4.95. The zero-order valence-electron chi connectivity index (χ0n) is 8.11. The molecule has 0 aromatic heterocycles. The van der Waals surface area contributed by atoms with Gasteiger partial charge in [-0.1, -0.05) is 6.92 Å². The highest BCUT2D eigenvalue weighted by Crippen LogP contribution is 2.25. The van der Waals surface area contributed by atoms with Crippen molar-refractivity contribution in [2.24, 2.45) is 0 Å². The normalized spacial score (nSPS) is 9.86. The largest absolute Gasteiger partial charge is 0.496 e. The van der Waals surface area contributed by atoms with E-state index < -0.39 is 5.97 Å². The van der Waals surface area contributed by atoms with Gasteiger partial charge in [-0.25, -0.2) is 4.79 Å². The summed E-state index contributed by atoms with van der Waals surface area (Å²) in [4.78, 5) is 11.8. The zero-order chi connectivity index (χ0) is 10.6. The molecule has 0 unspecified atom stereocenters. The van der Waals surface area contributed by atoms with Gasteiger partial charge in [0, 0.05) is 4.90 Å². The fourth-order valence-corrected chi connectivity index (χ4v) is 1.81. The fraction of sp³-hybridized carbons (Fsp3) is 0.300. The van der Waals surface area contributed by atoms with E-state index in [1.54, 1.807) is 23.9 Å². The summed E-state index contributed by atoms with van der Waals surface area (Å²) in [6, 6.07) is 5.18. The van der Waals surface area contributed by atoms with Crippen LogP contribution >= 0.6 is 11.8 Å². The number of hydrogen-bond acceptors (Lipinski definition) is 3. The molecule has 0 bridgehead atoms. The number of carboxylic acids is 1. The molecule has 0 saturated heterocycles. The number of thioether (sulfide) groups is 1. The second-order valence-electron chi connectivity index (χ2n) is 2.60. The maximum atomic E-state index is 10.8. The molecule has 14 heavy (non-hydrogen) atoms. The molecule has 1 N–H and O–H groups in total. The zero-order valence-corrected chi connectivity index (χ0v) is 8.93. The van der Waals surface area contributed by atoms with Gasteiger partial charge in [-0.15, -0.1) is 11.8 Å². The van der Waals surface area contributed by atoms with Crippen molar-refractivity contribution in [2.75, 3.05) is 12.9 Å². The summed E-state index contributed by atoms with van der Waals surface area (Å²) in [6.07, 6.45) is 0. The van der Waals surface area contributed by atoms with E-state index in [0.717, 1.165) is 10.6 Å². The molecule has 76 valence electrons. The molecule has 0 aliphatic carbocycles. The molecular formula is C10H12O3S. The van der Waals surface area contributed by atoms with E-state index in [2.05, 4.69) is 0 Å². The summed E-state index contributed by atoms with van der Waals surface area (Å²) in [5.41, 5.74) is 0.214. The van der Waals surface area contributed by atoms with Crippen LogP contribution in [0.3, 0.4) is 0 Å². The van der Waals surface area contributed by atoms with Crippen molar-refractivity contribution in [1.82, 2.24) is 0 Å². The van der Waals surface area contributed by atoms with E-state index >= 15 is 0 Å². The van der Waals surface area contributed by atoms with Crippen molar-refractivity contribution in [1.29, 1.82) is 0 Å². The van der Waals surface area contributed by atoms with Crippen LogP contribution in [0.4, 0.5) is 0 Å². The van der Waals surface area contributed by atoms with Crippen LogP contribution in [-0.2, 0) is 0 Å². The first-order chi connectivity index (χ1) is 6.69. The Bertz CT molecular complexity index is 336. The van der Waals surface area contributed by atoms with E-state index in [-0.39, 0.29) is 5.56 Å². The Hall–Kier alpha value is -1.16. The Kier molecular flexibility index (Phi) is 3.83. The number of hydrogen-bond donors (Lipinski definition) is 1. The number of aromatic carboxylic acids is 1. The van der Waals surface area contributed by atoms with Gasteiger partial charge in [-0.05, 0) is 24.0 Å². The Balaban J connectivity index is 3.07. The maximum Gasteiger partial charge on any atom is 0.339 e. The van der Waals surface area contributed by atoms with Crippen LogP contribution < -0.4 is 4.74 Å². The van der Waals surface area contributed by atoms with Crippen molar-refractivity contribution >= 4 is 17.7 Å². The smallest absolute Gasteiger partial charge is 0.339 e. The quantitative estimate of drug-likeness (QED) is 0.779. The van der Waals surface area contributed by atoms with Crippen LogP contribution in [0.25, 0.3) is 0 Å². The summed E-state index contributed by atoms with van der Waals surface area (Å²) in [5, 5.41) is 8.90. The van der Waals surface area contributed by atoms with Gasteiger partial charge in [-0.2, -0.15) is 0 Å². The lowest BCUT2D eigenvalue weighted by Crippen LogP contribution is -2.00. The summed E-state index contributed by atoms with van der Waals surface area (Å²) in [7, 11) is 1.47. The Labute approximate surface area is 87.1 Å². The lowest BCUT2D eigenvalue weighted by Gasteiger charge is -2.06. The van der Waals surface area contributed by atoms with Gasteiger partial charge in [0.25, 0.3) is 0 Å². The van der Waals surface area contributed by atoms with Crippen LogP contribution in [0.2, 0.25) is 0 Å². The lowest BCUT2D eigenvalue weighted by atomic mass is 10.2. The maximum absolute atomic E-state index is 10.8. The van der Waals surface area contributed by atoms with Crippen molar-refractivity contribution < 1.29 is 14.6 Å². The number of carbonyl (C=O) groups is 1. The predicted molar refractivity (Wildman–Crippen MR) is 56.4 cm³/mol. The Morgan fingerprint density at radius 1 is 1.57 bits per heavy atom. The number of benzene rings is 1. The molecule has 0 heterocycles. The third-order valence-corrected chi connectivity index (χ3v) is 2.59. The molecule has 0 radical (unpaired) electrons. The number of rotatable bonds is 4. The van der Waals surface area contributed by atoms with Gasteiger partial charge in [0.05, 0.1) is 7.11 Å². The van der Waals surface area contributed by atoms with Crippen molar-refractivity contribution in [3.8, 4) is 5.75 Å². The van der Waals surface area contributed by atoms with E-state index in [9.17, 15) is 4.79 Å². The average Bonchev–Trinajstić information content (AvgIpc) is 2.18. The van der Waals surface area contributed by atoms with E-state index in [0.29, 0.717) is 5.75 Å². The van der Waals surface area contributed by atoms with Crippen LogP contribution in [0, 0.1) is 0 Å². The van der Waals surface area contributed by atoms with E-state index in [4.69, 9.17) is 9.84 Å². The minimum atomic E-state index is -0.958. The van der Waals surface area contributed by atoms with Gasteiger partial charge in [-0.3, -0.25) is 0 Å². The van der Waals surface area contributed by atoms with Crippen molar-refractivity contribution in [3.63, 3.8) is 0 Å². The van der Waals surface area contributed by atoms with Crippen LogP contribution in [0.1, 0.15) is 17.3 Å². The molecule has 0 saturated carbocycles. The lowest BCUT2D eigenvalue weighted by molar-refractivity contribution is 0.0693. The second kappa shape index (κ2) is 4.91. The third kappa shape index (κ3) is 2.42. The average molecular weight is 212 g/mol. The number of ether oxygens (including phenoxy) is 1. The fourth-order valence-electron chi connectivity index (χ4n) is 1.11. The molecule has 1 aromatic rings. The van der Waals surface area contributed by atoms with Gasteiger partial charge in [0.15, 0.2) is 0 Å². The molecule has 0 atom stereocenters.